The molecule has 2 rings (SSSR count). The van der Waals surface area contributed by atoms with Crippen molar-refractivity contribution in [2.45, 2.75) is 23.7 Å². The number of β-amino-alcohol motifs (C(OH)–C–C–N with tert-alkyl or cyclic N) is 2. The second-order valence-corrected chi connectivity index (χ2v) is 5.16. The van der Waals surface area contributed by atoms with Gasteiger partial charge >= 0.3 is 0 Å². The van der Waals surface area contributed by atoms with E-state index in [9.17, 15) is 23.8 Å². The minimum absolute atomic E-state index is 0.0177. The average Bonchev–Trinajstić information content (AvgIpc) is 2.94. The number of amides is 1. The van der Waals surface area contributed by atoms with Crippen LogP contribution in [0.15, 0.2) is 16.5 Å². The van der Waals surface area contributed by atoms with E-state index in [1.165, 1.54) is 17.0 Å². The van der Waals surface area contributed by atoms with Crippen LogP contribution in [-0.2, 0) is 5.75 Å². The van der Waals surface area contributed by atoms with Gasteiger partial charge in [-0.2, -0.15) is 8.78 Å². The second kappa shape index (κ2) is 5.89. The molecule has 106 valence electrons. The summed E-state index contributed by atoms with van der Waals surface area (Å²) in [5.74, 6) is -2.67. The molecule has 0 unspecified atom stereocenters. The van der Waals surface area contributed by atoms with Gasteiger partial charge < -0.3 is 19.5 Å². The van der Waals surface area contributed by atoms with Gasteiger partial charge in [0.1, 0.15) is 5.76 Å². The number of carbonyl (C=O) groups is 1. The minimum atomic E-state index is -2.49. The first-order valence-corrected chi connectivity index (χ1v) is 6.66. The first kappa shape index (κ1) is 14.3. The van der Waals surface area contributed by atoms with Gasteiger partial charge in [-0.05, 0) is 12.1 Å². The highest BCUT2D eigenvalue weighted by Gasteiger charge is 2.34. The molecule has 8 heteroatoms. The topological polar surface area (TPSA) is 73.9 Å². The van der Waals surface area contributed by atoms with E-state index >= 15 is 0 Å². The van der Waals surface area contributed by atoms with E-state index in [0.29, 0.717) is 11.8 Å². The Morgan fingerprint density at radius 2 is 2.05 bits per heavy atom. The van der Waals surface area contributed by atoms with Crippen LogP contribution in [0.2, 0.25) is 0 Å². The molecule has 1 amide bonds. The number of aliphatic hydroxyl groups excluding tert-OH is 2. The number of carbonyl (C=O) groups excluding carboxylic acids is 1. The number of aliphatic hydroxyl groups is 2. The molecule has 2 heterocycles. The predicted octanol–water partition coefficient (Wildman–Crippen LogP) is 0.913. The standard InChI is InChI=1S/C11H13F2NO4S/c12-11(13)19-5-6-1-2-9(18-6)10(17)14-3-7(15)8(16)4-14/h1-2,7-8,11,15-16H,3-5H2/t7-,8+. The van der Waals surface area contributed by atoms with Crippen LogP contribution in [0.1, 0.15) is 16.3 Å². The third kappa shape index (κ3) is 3.46. The Morgan fingerprint density at radius 3 is 2.63 bits per heavy atom. The molecule has 1 aliphatic rings. The van der Waals surface area contributed by atoms with Gasteiger partial charge in [-0.3, -0.25) is 4.79 Å². The number of likely N-dealkylation sites (tertiary alicyclic amines) is 1. The largest absolute Gasteiger partial charge is 0.455 e. The summed E-state index contributed by atoms with van der Waals surface area (Å²) < 4.78 is 29.2. The zero-order valence-electron chi connectivity index (χ0n) is 9.83. The summed E-state index contributed by atoms with van der Waals surface area (Å²) in [6.07, 6.45) is -1.93. The molecule has 1 fully saturated rings. The molecule has 19 heavy (non-hydrogen) atoms. The fourth-order valence-corrected chi connectivity index (χ4v) is 2.25. The van der Waals surface area contributed by atoms with Crippen molar-refractivity contribution in [2.75, 3.05) is 13.1 Å². The number of hydrogen-bond donors (Lipinski definition) is 2. The highest BCUT2D eigenvalue weighted by Crippen LogP contribution is 2.22. The summed E-state index contributed by atoms with van der Waals surface area (Å²) in [7, 11) is 0. The molecule has 0 bridgehead atoms. The van der Waals surface area contributed by atoms with E-state index in [2.05, 4.69) is 0 Å². The number of rotatable bonds is 4. The van der Waals surface area contributed by atoms with Crippen molar-refractivity contribution in [3.05, 3.63) is 23.7 Å². The summed E-state index contributed by atoms with van der Waals surface area (Å²) in [5, 5.41) is 18.7. The van der Waals surface area contributed by atoms with Gasteiger partial charge in [0.2, 0.25) is 0 Å². The third-order valence-corrected chi connectivity index (χ3v) is 3.47. The first-order valence-electron chi connectivity index (χ1n) is 5.61. The molecule has 1 aromatic rings. The van der Waals surface area contributed by atoms with Crippen LogP contribution in [0.4, 0.5) is 8.78 Å². The molecule has 2 N–H and O–H groups in total. The summed E-state index contributed by atoms with van der Waals surface area (Å²) in [6, 6.07) is 2.87. The third-order valence-electron chi connectivity index (χ3n) is 2.77. The molecule has 1 aliphatic heterocycles. The zero-order chi connectivity index (χ0) is 14.0. The Hall–Kier alpha value is -1.12. The molecule has 1 saturated heterocycles. The fraction of sp³-hybridized carbons (Fsp3) is 0.545. The van der Waals surface area contributed by atoms with Crippen molar-refractivity contribution in [1.82, 2.24) is 4.90 Å². The van der Waals surface area contributed by atoms with Crippen molar-refractivity contribution >= 4 is 17.7 Å². The normalized spacial score (nSPS) is 23.3. The molecular weight excluding hydrogens is 280 g/mol. The Kier molecular flexibility index (Phi) is 4.43. The van der Waals surface area contributed by atoms with Gasteiger partial charge in [-0.25, -0.2) is 0 Å². The number of halogens is 2. The monoisotopic (exact) mass is 293 g/mol. The van der Waals surface area contributed by atoms with Crippen molar-refractivity contribution < 1.29 is 28.2 Å². The number of nitrogens with zero attached hydrogens (tertiary/aromatic N) is 1. The quantitative estimate of drug-likeness (QED) is 0.863. The maximum absolute atomic E-state index is 12.0. The lowest BCUT2D eigenvalue weighted by molar-refractivity contribution is 0.0572. The van der Waals surface area contributed by atoms with Crippen LogP contribution in [-0.4, -0.2) is 52.1 Å². The highest BCUT2D eigenvalue weighted by molar-refractivity contribution is 7.98. The lowest BCUT2D eigenvalue weighted by atomic mass is 10.3. The lowest BCUT2D eigenvalue weighted by Crippen LogP contribution is -2.29. The van der Waals surface area contributed by atoms with Crippen LogP contribution in [0, 0.1) is 0 Å². The molecule has 5 nitrogen and oxygen atoms in total. The van der Waals surface area contributed by atoms with Gasteiger partial charge in [0, 0.05) is 13.1 Å². The Morgan fingerprint density at radius 1 is 1.42 bits per heavy atom. The van der Waals surface area contributed by atoms with Gasteiger partial charge in [0.05, 0.1) is 18.0 Å². The van der Waals surface area contributed by atoms with Crippen LogP contribution in [0.25, 0.3) is 0 Å². The molecule has 0 spiro atoms. The zero-order valence-corrected chi connectivity index (χ0v) is 10.6. The molecule has 0 saturated carbocycles. The Balaban J connectivity index is 1.96. The number of alkyl halides is 2. The highest BCUT2D eigenvalue weighted by atomic mass is 32.2. The van der Waals surface area contributed by atoms with Crippen molar-refractivity contribution in [3.8, 4) is 0 Å². The number of hydrogen-bond acceptors (Lipinski definition) is 5. The van der Waals surface area contributed by atoms with Crippen molar-refractivity contribution in [3.63, 3.8) is 0 Å². The van der Waals surface area contributed by atoms with E-state index in [0.717, 1.165) is 0 Å². The molecule has 2 atom stereocenters. The molecule has 0 aromatic carbocycles. The van der Waals surface area contributed by atoms with E-state index in [-0.39, 0.29) is 30.4 Å². The van der Waals surface area contributed by atoms with E-state index in [4.69, 9.17) is 4.42 Å². The maximum atomic E-state index is 12.0. The lowest BCUT2D eigenvalue weighted by Gasteiger charge is -2.12. The predicted molar refractivity (Wildman–Crippen MR) is 63.9 cm³/mol. The molecule has 0 radical (unpaired) electrons. The van der Waals surface area contributed by atoms with E-state index < -0.39 is 23.9 Å². The van der Waals surface area contributed by atoms with Crippen LogP contribution in [0.5, 0.6) is 0 Å². The average molecular weight is 293 g/mol. The van der Waals surface area contributed by atoms with Crippen LogP contribution < -0.4 is 0 Å². The summed E-state index contributed by atoms with van der Waals surface area (Å²) >= 11 is 0.410. The van der Waals surface area contributed by atoms with Gasteiger partial charge in [-0.15, -0.1) is 0 Å². The van der Waals surface area contributed by atoms with Crippen molar-refractivity contribution in [2.24, 2.45) is 0 Å². The summed E-state index contributed by atoms with van der Waals surface area (Å²) in [4.78, 5) is 13.2. The Labute approximate surface area is 112 Å². The minimum Gasteiger partial charge on any atom is -0.455 e. The van der Waals surface area contributed by atoms with Crippen LogP contribution >= 0.6 is 11.8 Å². The Bertz CT molecular complexity index is 444. The SMILES string of the molecule is O=C(c1ccc(CSC(F)F)o1)N1C[C@@H](O)[C@@H](O)C1. The molecule has 0 aliphatic carbocycles. The summed E-state index contributed by atoms with van der Waals surface area (Å²) in [6.45, 7) is 0.0592. The van der Waals surface area contributed by atoms with Gasteiger partial charge in [0.15, 0.2) is 5.76 Å². The van der Waals surface area contributed by atoms with Crippen LogP contribution in [0.3, 0.4) is 0 Å². The number of furan rings is 1. The molecular formula is C11H13F2NO4S. The smallest absolute Gasteiger partial charge is 0.289 e. The molecule has 1 aromatic heterocycles. The fourth-order valence-electron chi connectivity index (χ4n) is 1.81. The number of thioether (sulfide) groups is 1. The van der Waals surface area contributed by atoms with Gasteiger partial charge in [0.25, 0.3) is 11.7 Å². The van der Waals surface area contributed by atoms with Crippen molar-refractivity contribution in [1.29, 1.82) is 0 Å². The summed E-state index contributed by atoms with van der Waals surface area (Å²) in [5.41, 5.74) is 0. The van der Waals surface area contributed by atoms with E-state index in [1.54, 1.807) is 0 Å². The maximum Gasteiger partial charge on any atom is 0.289 e. The first-order chi connectivity index (χ1) is 8.97. The van der Waals surface area contributed by atoms with Gasteiger partial charge in [-0.1, -0.05) is 11.8 Å². The second-order valence-electron chi connectivity index (χ2n) is 4.18. The van der Waals surface area contributed by atoms with E-state index in [1.807, 2.05) is 0 Å².